The number of aryl methyl sites for hydroxylation is 3. The number of aromatic nitrogens is 1. The monoisotopic (exact) mass is 413 g/mol. The number of hydrogen-bond acceptors (Lipinski definition) is 6. The van der Waals surface area contributed by atoms with Crippen molar-refractivity contribution in [1.82, 2.24) is 5.16 Å². The smallest absolute Gasteiger partial charge is 0.338 e. The lowest BCUT2D eigenvalue weighted by atomic mass is 10.1. The van der Waals surface area contributed by atoms with Crippen molar-refractivity contribution in [1.29, 1.82) is 0 Å². The highest BCUT2D eigenvalue weighted by Gasteiger charge is 2.22. The minimum atomic E-state index is -3.81. The lowest BCUT2D eigenvalue weighted by molar-refractivity contribution is -0.386. The number of nitro groups is 1. The van der Waals surface area contributed by atoms with Gasteiger partial charge in [0.25, 0.3) is 10.0 Å². The van der Waals surface area contributed by atoms with E-state index in [1.165, 1.54) is 25.1 Å². The summed E-state index contributed by atoms with van der Waals surface area (Å²) < 4.78 is 33.3. The Morgan fingerprint density at radius 2 is 1.86 bits per heavy atom. The van der Waals surface area contributed by atoms with Crippen molar-refractivity contribution < 1.29 is 17.9 Å². The van der Waals surface area contributed by atoms with E-state index in [2.05, 4.69) is 9.88 Å². The van der Waals surface area contributed by atoms with Crippen LogP contribution in [0.15, 0.2) is 51.9 Å². The van der Waals surface area contributed by atoms with Crippen LogP contribution in [0, 0.1) is 30.9 Å². The molecule has 0 atom stereocenters. The molecule has 8 nitrogen and oxygen atoms in total. The SMILES string of the molecule is Cc1cccc(NS(=O)(=O)c2cc(/C=C/c3onc(C)c3[N+](=O)[O-])ccc2C)c1. The first-order valence-electron chi connectivity index (χ1n) is 8.66. The van der Waals surface area contributed by atoms with E-state index in [0.29, 0.717) is 16.8 Å². The van der Waals surface area contributed by atoms with Gasteiger partial charge in [0.1, 0.15) is 0 Å². The van der Waals surface area contributed by atoms with E-state index in [-0.39, 0.29) is 22.0 Å². The summed E-state index contributed by atoms with van der Waals surface area (Å²) in [7, 11) is -3.81. The van der Waals surface area contributed by atoms with E-state index in [4.69, 9.17) is 4.52 Å². The minimum Gasteiger partial charge on any atom is -0.349 e. The van der Waals surface area contributed by atoms with Crippen LogP contribution in [0.1, 0.15) is 28.1 Å². The normalized spacial score (nSPS) is 11.7. The third-order valence-corrected chi connectivity index (χ3v) is 5.76. The zero-order chi connectivity index (χ0) is 21.2. The molecular weight excluding hydrogens is 394 g/mol. The third kappa shape index (κ3) is 4.52. The van der Waals surface area contributed by atoms with Crippen LogP contribution in [0.3, 0.4) is 0 Å². The highest BCUT2D eigenvalue weighted by molar-refractivity contribution is 7.92. The highest BCUT2D eigenvalue weighted by atomic mass is 32.2. The third-order valence-electron chi connectivity index (χ3n) is 4.24. The fourth-order valence-corrected chi connectivity index (χ4v) is 4.14. The van der Waals surface area contributed by atoms with Gasteiger partial charge in [-0.3, -0.25) is 14.8 Å². The number of anilines is 1. The molecule has 29 heavy (non-hydrogen) atoms. The first-order chi connectivity index (χ1) is 13.7. The van der Waals surface area contributed by atoms with E-state index < -0.39 is 14.9 Å². The predicted octanol–water partition coefficient (Wildman–Crippen LogP) is 4.48. The van der Waals surface area contributed by atoms with Gasteiger partial charge in [0.15, 0.2) is 5.69 Å². The summed E-state index contributed by atoms with van der Waals surface area (Å²) >= 11 is 0. The number of nitrogens with one attached hydrogen (secondary N) is 1. The quantitative estimate of drug-likeness (QED) is 0.470. The van der Waals surface area contributed by atoms with E-state index in [0.717, 1.165) is 5.56 Å². The van der Waals surface area contributed by atoms with Gasteiger partial charge in [-0.2, -0.15) is 0 Å². The Hall–Kier alpha value is -3.46. The van der Waals surface area contributed by atoms with Crippen molar-refractivity contribution in [3.05, 3.63) is 80.7 Å². The van der Waals surface area contributed by atoms with Gasteiger partial charge in [-0.25, -0.2) is 8.42 Å². The summed E-state index contributed by atoms with van der Waals surface area (Å²) in [5, 5.41) is 14.7. The van der Waals surface area contributed by atoms with Gasteiger partial charge in [-0.05, 0) is 61.7 Å². The molecule has 0 spiro atoms. The number of sulfonamides is 1. The number of nitrogens with zero attached hydrogens (tertiary/aromatic N) is 2. The van der Waals surface area contributed by atoms with E-state index in [1.807, 2.05) is 13.0 Å². The van der Waals surface area contributed by atoms with Crippen LogP contribution < -0.4 is 4.72 Å². The van der Waals surface area contributed by atoms with Gasteiger partial charge in [0.05, 0.1) is 9.82 Å². The topological polar surface area (TPSA) is 115 Å². The number of hydrogen-bond donors (Lipinski definition) is 1. The summed E-state index contributed by atoms with van der Waals surface area (Å²) in [5.41, 5.74) is 2.47. The fraction of sp³-hybridized carbons (Fsp3) is 0.150. The molecule has 0 radical (unpaired) electrons. The first kappa shape index (κ1) is 20.3. The average Bonchev–Trinajstić information content (AvgIpc) is 3.01. The first-order valence-corrected chi connectivity index (χ1v) is 10.1. The van der Waals surface area contributed by atoms with Gasteiger partial charge >= 0.3 is 5.69 Å². The van der Waals surface area contributed by atoms with Crippen LogP contribution in [0.25, 0.3) is 12.2 Å². The molecule has 1 aromatic heterocycles. The van der Waals surface area contributed by atoms with E-state index in [9.17, 15) is 18.5 Å². The Morgan fingerprint density at radius 1 is 1.10 bits per heavy atom. The summed E-state index contributed by atoms with van der Waals surface area (Å²) in [6.45, 7) is 5.05. The molecule has 3 aromatic rings. The Morgan fingerprint density at radius 3 is 2.55 bits per heavy atom. The van der Waals surface area contributed by atoms with Crippen LogP contribution in [-0.4, -0.2) is 18.5 Å². The van der Waals surface area contributed by atoms with Gasteiger partial charge in [0, 0.05) is 5.69 Å². The molecule has 0 amide bonds. The van der Waals surface area contributed by atoms with Gasteiger partial charge in [-0.1, -0.05) is 35.5 Å². The second-order valence-corrected chi connectivity index (χ2v) is 8.22. The highest BCUT2D eigenvalue weighted by Crippen LogP contribution is 2.26. The fourth-order valence-electron chi connectivity index (χ4n) is 2.81. The zero-order valence-electron chi connectivity index (χ0n) is 16.0. The molecule has 150 valence electrons. The zero-order valence-corrected chi connectivity index (χ0v) is 16.9. The molecule has 3 rings (SSSR count). The maximum Gasteiger partial charge on any atom is 0.338 e. The maximum absolute atomic E-state index is 12.9. The van der Waals surface area contributed by atoms with Crippen LogP contribution in [0.4, 0.5) is 11.4 Å². The average molecular weight is 413 g/mol. The van der Waals surface area contributed by atoms with Crippen molar-refractivity contribution in [2.45, 2.75) is 25.7 Å². The molecule has 1 N–H and O–H groups in total. The van der Waals surface area contributed by atoms with Crippen molar-refractivity contribution in [3.8, 4) is 0 Å². The van der Waals surface area contributed by atoms with Crippen LogP contribution >= 0.6 is 0 Å². The molecule has 0 aliphatic carbocycles. The summed E-state index contributed by atoms with van der Waals surface area (Å²) in [4.78, 5) is 10.7. The Labute approximate surface area is 168 Å². The Balaban J connectivity index is 1.93. The van der Waals surface area contributed by atoms with Crippen LogP contribution in [0.5, 0.6) is 0 Å². The largest absolute Gasteiger partial charge is 0.349 e. The van der Waals surface area contributed by atoms with Crippen LogP contribution in [-0.2, 0) is 10.0 Å². The predicted molar refractivity (Wildman–Crippen MR) is 110 cm³/mol. The maximum atomic E-state index is 12.9. The molecule has 0 fully saturated rings. The summed E-state index contributed by atoms with van der Waals surface area (Å²) in [5.74, 6) is -0.00429. The number of rotatable bonds is 6. The van der Waals surface area contributed by atoms with Crippen molar-refractivity contribution in [2.24, 2.45) is 0 Å². The summed E-state index contributed by atoms with van der Waals surface area (Å²) in [6, 6.07) is 11.9. The molecule has 2 aromatic carbocycles. The van der Waals surface area contributed by atoms with Crippen molar-refractivity contribution >= 4 is 33.6 Å². The molecule has 9 heteroatoms. The number of benzene rings is 2. The lowest BCUT2D eigenvalue weighted by Gasteiger charge is -2.11. The molecule has 0 saturated carbocycles. The minimum absolute atomic E-state index is 0.00429. The Bertz CT molecular complexity index is 1210. The molecule has 0 aliphatic rings. The van der Waals surface area contributed by atoms with E-state index in [1.54, 1.807) is 37.3 Å². The Kier molecular flexibility index (Phi) is 5.51. The molecule has 0 saturated heterocycles. The van der Waals surface area contributed by atoms with Crippen LogP contribution in [0.2, 0.25) is 0 Å². The standard InChI is InChI=1S/C20H19N3O5S/c1-13-5-4-6-17(11-13)22-29(26,27)19-12-16(8-7-14(19)2)9-10-18-20(23(24)25)15(3)21-28-18/h4-12,22H,1-3H3/b10-9+. The molecule has 0 unspecified atom stereocenters. The van der Waals surface area contributed by atoms with Gasteiger partial charge < -0.3 is 4.52 Å². The summed E-state index contributed by atoms with van der Waals surface area (Å²) in [6.07, 6.45) is 2.94. The molecule has 0 bridgehead atoms. The molecular formula is C20H19N3O5S. The molecule has 0 aliphatic heterocycles. The second-order valence-electron chi connectivity index (χ2n) is 6.57. The van der Waals surface area contributed by atoms with Crippen molar-refractivity contribution in [3.63, 3.8) is 0 Å². The second kappa shape index (κ2) is 7.88. The van der Waals surface area contributed by atoms with Gasteiger partial charge in [0.2, 0.25) is 5.76 Å². The van der Waals surface area contributed by atoms with E-state index >= 15 is 0 Å². The molecule has 1 heterocycles. The van der Waals surface area contributed by atoms with Crippen molar-refractivity contribution in [2.75, 3.05) is 4.72 Å². The van der Waals surface area contributed by atoms with Gasteiger partial charge in [-0.15, -0.1) is 0 Å². The lowest BCUT2D eigenvalue weighted by Crippen LogP contribution is -2.14.